The van der Waals surface area contributed by atoms with Crippen molar-refractivity contribution >= 4 is 32.9 Å². The third-order valence-electron chi connectivity index (χ3n) is 6.52. The fourth-order valence-electron chi connectivity index (χ4n) is 4.90. The van der Waals surface area contributed by atoms with E-state index < -0.39 is 0 Å². The summed E-state index contributed by atoms with van der Waals surface area (Å²) >= 11 is 3.43. The fraction of sp³-hybridized carbons (Fsp3) is 0.192. The quantitative estimate of drug-likeness (QED) is 0.390. The Balaban J connectivity index is 1.23. The van der Waals surface area contributed by atoms with Gasteiger partial charge in [-0.2, -0.15) is 0 Å². The molecule has 0 bridgehead atoms. The van der Waals surface area contributed by atoms with Crippen LogP contribution >= 0.6 is 15.9 Å². The van der Waals surface area contributed by atoms with Crippen molar-refractivity contribution in [1.82, 2.24) is 14.5 Å². The second kappa shape index (κ2) is 7.85. The Morgan fingerprint density at radius 1 is 1.00 bits per heavy atom. The van der Waals surface area contributed by atoms with Crippen molar-refractivity contribution < 1.29 is 9.53 Å². The van der Waals surface area contributed by atoms with Gasteiger partial charge in [0, 0.05) is 23.5 Å². The highest BCUT2D eigenvalue weighted by molar-refractivity contribution is 9.10. The van der Waals surface area contributed by atoms with Crippen molar-refractivity contribution in [2.45, 2.75) is 19.0 Å². The number of amides is 1. The van der Waals surface area contributed by atoms with E-state index in [1.54, 1.807) is 15.5 Å². The maximum Gasteiger partial charge on any atom is 0.410 e. The molecular formula is C26H20BrN3O3. The minimum Gasteiger partial charge on any atom is -0.448 e. The summed E-state index contributed by atoms with van der Waals surface area (Å²) in [6, 6.07) is 22.0. The molecule has 0 unspecified atom stereocenters. The molecule has 0 saturated heterocycles. The summed E-state index contributed by atoms with van der Waals surface area (Å²) in [6.45, 7) is 1.33. The highest BCUT2D eigenvalue weighted by atomic mass is 79.9. The number of carbonyl (C=O) groups excluding carboxylic acids is 1. The van der Waals surface area contributed by atoms with Gasteiger partial charge in [0.15, 0.2) is 0 Å². The second-order valence-electron chi connectivity index (χ2n) is 8.37. The molecule has 4 aromatic rings. The molecule has 33 heavy (non-hydrogen) atoms. The van der Waals surface area contributed by atoms with Crippen molar-refractivity contribution in [3.63, 3.8) is 0 Å². The van der Waals surface area contributed by atoms with E-state index in [9.17, 15) is 9.59 Å². The average Bonchev–Trinajstić information content (AvgIpc) is 3.16. The molecule has 6 rings (SSSR count). The molecule has 0 radical (unpaired) electrons. The van der Waals surface area contributed by atoms with Gasteiger partial charge >= 0.3 is 6.09 Å². The molecule has 7 heteroatoms. The number of carbonyl (C=O) groups is 1. The van der Waals surface area contributed by atoms with Gasteiger partial charge in [-0.25, -0.2) is 9.78 Å². The summed E-state index contributed by atoms with van der Waals surface area (Å²) in [5, 5.41) is 0.580. The summed E-state index contributed by atoms with van der Waals surface area (Å²) in [4.78, 5) is 32.1. The Morgan fingerprint density at radius 3 is 2.42 bits per heavy atom. The molecule has 0 spiro atoms. The summed E-state index contributed by atoms with van der Waals surface area (Å²) in [6.07, 6.45) is -0.383. The Bertz CT molecular complexity index is 1430. The van der Waals surface area contributed by atoms with Gasteiger partial charge in [0.25, 0.3) is 5.56 Å². The van der Waals surface area contributed by atoms with E-state index in [1.807, 2.05) is 36.4 Å². The van der Waals surface area contributed by atoms with Gasteiger partial charge in [0.1, 0.15) is 12.4 Å². The zero-order valence-electron chi connectivity index (χ0n) is 17.7. The number of hydrogen-bond acceptors (Lipinski definition) is 4. The summed E-state index contributed by atoms with van der Waals surface area (Å²) < 4.78 is 8.31. The Hall–Kier alpha value is -3.45. The number of benzene rings is 3. The number of aromatic nitrogens is 2. The fourth-order valence-corrected chi connectivity index (χ4v) is 5.25. The largest absolute Gasteiger partial charge is 0.448 e. The molecule has 164 valence electrons. The molecule has 2 heterocycles. The highest BCUT2D eigenvalue weighted by Gasteiger charge is 2.30. The van der Waals surface area contributed by atoms with Crippen LogP contribution in [0.15, 0.2) is 76.0 Å². The Kier molecular flexibility index (Phi) is 4.80. The number of rotatable bonds is 2. The van der Waals surface area contributed by atoms with Crippen LogP contribution in [0.5, 0.6) is 0 Å². The van der Waals surface area contributed by atoms with Crippen LogP contribution in [0.3, 0.4) is 0 Å². The monoisotopic (exact) mass is 501 g/mol. The van der Waals surface area contributed by atoms with Gasteiger partial charge < -0.3 is 4.74 Å². The zero-order valence-corrected chi connectivity index (χ0v) is 19.3. The molecule has 2 aliphatic rings. The van der Waals surface area contributed by atoms with Crippen molar-refractivity contribution in [3.8, 4) is 11.1 Å². The number of nitrogens with zero attached hydrogens (tertiary/aromatic N) is 3. The van der Waals surface area contributed by atoms with Gasteiger partial charge in [0.05, 0.1) is 17.4 Å². The van der Waals surface area contributed by atoms with E-state index in [0.717, 1.165) is 4.47 Å². The SMILES string of the molecule is O=C(OCC1c2ccccc2-c2ccccc21)N1CCn2c(nc3cc(Br)ccc3c2=O)C1. The third-order valence-corrected chi connectivity index (χ3v) is 7.01. The average molecular weight is 502 g/mol. The predicted octanol–water partition coefficient (Wildman–Crippen LogP) is 4.92. The van der Waals surface area contributed by atoms with Crippen molar-refractivity contribution in [1.29, 1.82) is 0 Å². The molecule has 6 nitrogen and oxygen atoms in total. The summed E-state index contributed by atoms with van der Waals surface area (Å²) in [7, 11) is 0. The summed E-state index contributed by atoms with van der Waals surface area (Å²) in [5.41, 5.74) is 5.30. The Labute approximate surface area is 198 Å². The van der Waals surface area contributed by atoms with Crippen LogP contribution in [0.1, 0.15) is 22.9 Å². The van der Waals surface area contributed by atoms with Crippen LogP contribution in [0.2, 0.25) is 0 Å². The minimum absolute atomic E-state index is 0.0143. The number of hydrogen-bond donors (Lipinski definition) is 0. The molecule has 1 aromatic heterocycles. The van der Waals surface area contributed by atoms with Gasteiger partial charge in [-0.15, -0.1) is 0 Å². The lowest BCUT2D eigenvalue weighted by atomic mass is 9.98. The molecule has 0 atom stereocenters. The van der Waals surface area contributed by atoms with E-state index in [0.29, 0.717) is 29.8 Å². The molecule has 1 aliphatic heterocycles. The lowest BCUT2D eigenvalue weighted by molar-refractivity contribution is 0.0889. The van der Waals surface area contributed by atoms with Crippen LogP contribution in [0, 0.1) is 0 Å². The first-order valence-corrected chi connectivity index (χ1v) is 11.7. The normalized spacial score (nSPS) is 14.6. The lowest BCUT2D eigenvalue weighted by Gasteiger charge is -2.29. The van der Waals surface area contributed by atoms with Crippen LogP contribution in [-0.4, -0.2) is 33.7 Å². The van der Waals surface area contributed by atoms with Gasteiger partial charge in [-0.3, -0.25) is 14.3 Å². The van der Waals surface area contributed by atoms with E-state index in [4.69, 9.17) is 4.74 Å². The molecule has 0 fully saturated rings. The molecule has 0 N–H and O–H groups in total. The number of ether oxygens (including phenoxy) is 1. The maximum atomic E-state index is 13.0. The van der Waals surface area contributed by atoms with E-state index in [1.165, 1.54) is 22.3 Å². The molecule has 1 aliphatic carbocycles. The van der Waals surface area contributed by atoms with Gasteiger partial charge in [0.2, 0.25) is 0 Å². The van der Waals surface area contributed by atoms with E-state index in [-0.39, 0.29) is 30.7 Å². The summed E-state index contributed by atoms with van der Waals surface area (Å²) in [5.74, 6) is 0.589. The van der Waals surface area contributed by atoms with Crippen LogP contribution in [0.25, 0.3) is 22.0 Å². The van der Waals surface area contributed by atoms with Crippen molar-refractivity contribution in [2.24, 2.45) is 0 Å². The van der Waals surface area contributed by atoms with Gasteiger partial charge in [-0.1, -0.05) is 64.5 Å². The lowest BCUT2D eigenvalue weighted by Crippen LogP contribution is -2.43. The van der Waals surface area contributed by atoms with Crippen molar-refractivity contribution in [3.05, 3.63) is 98.5 Å². The predicted molar refractivity (Wildman–Crippen MR) is 129 cm³/mol. The van der Waals surface area contributed by atoms with Gasteiger partial charge in [-0.05, 0) is 40.5 Å². The maximum absolute atomic E-state index is 13.0. The third kappa shape index (κ3) is 3.35. The van der Waals surface area contributed by atoms with Crippen LogP contribution < -0.4 is 5.56 Å². The standard InChI is InChI=1S/C26H20BrN3O3/c27-16-9-10-21-23(13-16)28-24-14-29(11-12-30(24)25(21)31)26(32)33-15-22-19-7-3-1-5-17(19)18-6-2-4-8-20(18)22/h1-10,13,22H,11-12,14-15H2. The minimum atomic E-state index is -0.383. The Morgan fingerprint density at radius 2 is 1.70 bits per heavy atom. The van der Waals surface area contributed by atoms with Crippen LogP contribution in [-0.2, 0) is 17.8 Å². The molecule has 1 amide bonds. The molecule has 0 saturated carbocycles. The number of fused-ring (bicyclic) bond motifs is 5. The van der Waals surface area contributed by atoms with E-state index in [2.05, 4.69) is 45.2 Å². The molecule has 3 aromatic carbocycles. The van der Waals surface area contributed by atoms with Crippen LogP contribution in [0.4, 0.5) is 4.79 Å². The first kappa shape index (κ1) is 20.2. The van der Waals surface area contributed by atoms with E-state index >= 15 is 0 Å². The highest BCUT2D eigenvalue weighted by Crippen LogP contribution is 2.44. The number of halogens is 1. The molecular weight excluding hydrogens is 482 g/mol. The zero-order chi connectivity index (χ0) is 22.5. The van der Waals surface area contributed by atoms with Crippen molar-refractivity contribution in [2.75, 3.05) is 13.2 Å². The second-order valence-corrected chi connectivity index (χ2v) is 9.29. The first-order chi connectivity index (χ1) is 16.1. The first-order valence-electron chi connectivity index (χ1n) is 10.9. The topological polar surface area (TPSA) is 64.4 Å². The smallest absolute Gasteiger partial charge is 0.410 e.